The Morgan fingerprint density at radius 3 is 2.71 bits per heavy atom. The number of urea groups is 1. The minimum Gasteiger partial charge on any atom is -0.349 e. The highest BCUT2D eigenvalue weighted by atomic mass is 35.5. The fourth-order valence-corrected chi connectivity index (χ4v) is 2.62. The monoisotopic (exact) mass is 340 g/mol. The topological polar surface area (TPSA) is 69.8 Å². The molecule has 0 saturated heterocycles. The average Bonchev–Trinajstić information content (AvgIpc) is 3.08. The first kappa shape index (κ1) is 16.1. The highest BCUT2D eigenvalue weighted by Gasteiger charge is 2.16. The summed E-state index contributed by atoms with van der Waals surface area (Å²) in [5.74, 6) is 0.812. The number of H-pyrrole nitrogens is 1. The zero-order valence-electron chi connectivity index (χ0n) is 12.9. The maximum absolute atomic E-state index is 12.3. The van der Waals surface area contributed by atoms with Crippen molar-refractivity contribution in [1.82, 2.24) is 15.3 Å². The van der Waals surface area contributed by atoms with Crippen LogP contribution in [0.1, 0.15) is 17.4 Å². The van der Waals surface area contributed by atoms with Crippen LogP contribution in [0.4, 0.5) is 10.5 Å². The largest absolute Gasteiger partial charge is 0.349 e. The van der Waals surface area contributed by atoms with Crippen LogP contribution in [-0.4, -0.2) is 16.0 Å². The van der Waals surface area contributed by atoms with Crippen LogP contribution in [0.25, 0.3) is 0 Å². The van der Waals surface area contributed by atoms with Crippen molar-refractivity contribution in [2.45, 2.75) is 12.5 Å². The molecule has 24 heavy (non-hydrogen) atoms. The maximum Gasteiger partial charge on any atom is 0.319 e. The van der Waals surface area contributed by atoms with Gasteiger partial charge in [0.2, 0.25) is 0 Å². The van der Waals surface area contributed by atoms with Gasteiger partial charge in [0.25, 0.3) is 0 Å². The van der Waals surface area contributed by atoms with E-state index in [1.807, 2.05) is 30.3 Å². The molecule has 0 aliphatic rings. The van der Waals surface area contributed by atoms with Gasteiger partial charge in [-0.1, -0.05) is 48.0 Å². The standard InChI is InChI=1S/C18H17ClN4O/c19-14-7-4-8-15(11-14)22-18(24)23-16(12-17-20-9-10-21-17)13-5-2-1-3-6-13/h1-11,16H,12H2,(H,20,21)(H2,22,23,24)/t16-/m1/s1. The first-order valence-electron chi connectivity index (χ1n) is 7.57. The van der Waals surface area contributed by atoms with Crippen molar-refractivity contribution >= 4 is 23.3 Å². The summed E-state index contributed by atoms with van der Waals surface area (Å²) in [4.78, 5) is 19.6. The zero-order chi connectivity index (χ0) is 16.8. The van der Waals surface area contributed by atoms with Crippen LogP contribution in [-0.2, 0) is 6.42 Å². The molecule has 0 saturated carbocycles. The van der Waals surface area contributed by atoms with Gasteiger partial charge in [-0.3, -0.25) is 0 Å². The smallest absolute Gasteiger partial charge is 0.319 e. The van der Waals surface area contributed by atoms with E-state index in [1.54, 1.807) is 36.7 Å². The summed E-state index contributed by atoms with van der Waals surface area (Å²) < 4.78 is 0. The van der Waals surface area contributed by atoms with Crippen LogP contribution in [0.5, 0.6) is 0 Å². The summed E-state index contributed by atoms with van der Waals surface area (Å²) in [7, 11) is 0. The Labute approximate surface area is 145 Å². The Bertz CT molecular complexity index is 790. The number of nitrogens with zero attached hydrogens (tertiary/aromatic N) is 1. The van der Waals surface area contributed by atoms with Crippen LogP contribution < -0.4 is 10.6 Å². The molecule has 0 aliphatic heterocycles. The molecule has 0 fully saturated rings. The normalized spacial score (nSPS) is 11.7. The van der Waals surface area contributed by atoms with E-state index in [2.05, 4.69) is 20.6 Å². The molecule has 2 aromatic carbocycles. The molecule has 0 unspecified atom stereocenters. The molecule has 5 nitrogen and oxygen atoms in total. The lowest BCUT2D eigenvalue weighted by Gasteiger charge is -2.19. The lowest BCUT2D eigenvalue weighted by Crippen LogP contribution is -2.33. The van der Waals surface area contributed by atoms with E-state index < -0.39 is 0 Å². The Hall–Kier alpha value is -2.79. The molecule has 0 spiro atoms. The number of imidazole rings is 1. The summed E-state index contributed by atoms with van der Waals surface area (Å²) in [6.07, 6.45) is 4.03. The quantitative estimate of drug-likeness (QED) is 0.652. The number of benzene rings is 2. The zero-order valence-corrected chi connectivity index (χ0v) is 13.6. The van der Waals surface area contributed by atoms with Crippen molar-refractivity contribution in [2.24, 2.45) is 0 Å². The van der Waals surface area contributed by atoms with Gasteiger partial charge in [-0.15, -0.1) is 0 Å². The number of carbonyl (C=O) groups is 1. The number of aromatic nitrogens is 2. The van der Waals surface area contributed by atoms with Gasteiger partial charge < -0.3 is 15.6 Å². The second-order valence-electron chi connectivity index (χ2n) is 5.31. The number of hydrogen-bond acceptors (Lipinski definition) is 2. The lowest BCUT2D eigenvalue weighted by molar-refractivity contribution is 0.248. The van der Waals surface area contributed by atoms with Gasteiger partial charge in [-0.25, -0.2) is 9.78 Å². The van der Waals surface area contributed by atoms with Gasteiger partial charge in [0.05, 0.1) is 6.04 Å². The lowest BCUT2D eigenvalue weighted by atomic mass is 10.0. The summed E-state index contributed by atoms with van der Waals surface area (Å²) in [6.45, 7) is 0. The third-order valence-corrected chi connectivity index (χ3v) is 3.78. The molecule has 6 heteroatoms. The van der Waals surface area contributed by atoms with E-state index in [-0.39, 0.29) is 12.1 Å². The Kier molecular flexibility index (Phi) is 5.13. The number of hydrogen-bond donors (Lipinski definition) is 3. The van der Waals surface area contributed by atoms with Gasteiger partial charge >= 0.3 is 6.03 Å². The molecule has 2 amide bonds. The molecule has 1 heterocycles. The van der Waals surface area contributed by atoms with Crippen molar-refractivity contribution in [2.75, 3.05) is 5.32 Å². The van der Waals surface area contributed by atoms with Gasteiger partial charge in [-0.2, -0.15) is 0 Å². The maximum atomic E-state index is 12.3. The number of aromatic amines is 1. The highest BCUT2D eigenvalue weighted by molar-refractivity contribution is 6.30. The van der Waals surface area contributed by atoms with Crippen molar-refractivity contribution < 1.29 is 4.79 Å². The second kappa shape index (κ2) is 7.66. The van der Waals surface area contributed by atoms with E-state index >= 15 is 0 Å². The number of rotatable bonds is 5. The third kappa shape index (κ3) is 4.36. The Morgan fingerprint density at radius 1 is 1.17 bits per heavy atom. The molecule has 3 aromatic rings. The number of carbonyl (C=O) groups excluding carboxylic acids is 1. The first-order chi connectivity index (χ1) is 11.7. The van der Waals surface area contributed by atoms with Crippen LogP contribution in [0.2, 0.25) is 5.02 Å². The first-order valence-corrected chi connectivity index (χ1v) is 7.95. The predicted octanol–water partition coefficient (Wildman–Crippen LogP) is 4.17. The van der Waals surface area contributed by atoms with E-state index in [0.29, 0.717) is 17.1 Å². The van der Waals surface area contributed by atoms with Crippen LogP contribution >= 0.6 is 11.6 Å². The molecule has 0 aliphatic carbocycles. The fraction of sp³-hybridized carbons (Fsp3) is 0.111. The molecule has 1 aromatic heterocycles. The van der Waals surface area contributed by atoms with Crippen LogP contribution in [0, 0.1) is 0 Å². The molecule has 3 N–H and O–H groups in total. The third-order valence-electron chi connectivity index (χ3n) is 3.54. The van der Waals surface area contributed by atoms with E-state index in [0.717, 1.165) is 11.4 Å². The minimum absolute atomic E-state index is 0.198. The second-order valence-corrected chi connectivity index (χ2v) is 5.75. The van der Waals surface area contributed by atoms with E-state index in [9.17, 15) is 4.79 Å². The summed E-state index contributed by atoms with van der Waals surface area (Å²) in [5.41, 5.74) is 1.65. The number of anilines is 1. The van der Waals surface area contributed by atoms with Gasteiger partial charge in [0.15, 0.2) is 0 Å². The highest BCUT2D eigenvalue weighted by Crippen LogP contribution is 2.18. The van der Waals surface area contributed by atoms with Crippen molar-refractivity contribution in [3.05, 3.63) is 83.4 Å². The van der Waals surface area contributed by atoms with E-state index in [1.165, 1.54) is 0 Å². The SMILES string of the molecule is O=C(Nc1cccc(Cl)c1)N[C@H](Cc1ncc[nH]1)c1ccccc1. The summed E-state index contributed by atoms with van der Waals surface area (Å²) >= 11 is 5.94. The molecular formula is C18H17ClN4O. The van der Waals surface area contributed by atoms with Gasteiger partial charge in [0.1, 0.15) is 5.82 Å². The van der Waals surface area contributed by atoms with E-state index in [4.69, 9.17) is 11.6 Å². The molecule has 0 bridgehead atoms. The fourth-order valence-electron chi connectivity index (χ4n) is 2.43. The van der Waals surface area contributed by atoms with Crippen LogP contribution in [0.3, 0.4) is 0 Å². The molecular weight excluding hydrogens is 324 g/mol. The average molecular weight is 341 g/mol. The van der Waals surface area contributed by atoms with Gasteiger partial charge in [0, 0.05) is 29.5 Å². The number of amides is 2. The minimum atomic E-state index is -0.294. The molecule has 122 valence electrons. The van der Waals surface area contributed by atoms with Crippen molar-refractivity contribution in [3.63, 3.8) is 0 Å². The Balaban J connectivity index is 1.72. The molecule has 1 atom stereocenters. The summed E-state index contributed by atoms with van der Waals surface area (Å²) in [5, 5.41) is 6.36. The Morgan fingerprint density at radius 2 is 2.00 bits per heavy atom. The molecule has 0 radical (unpaired) electrons. The van der Waals surface area contributed by atoms with Crippen LogP contribution in [0.15, 0.2) is 67.0 Å². The van der Waals surface area contributed by atoms with Crippen molar-refractivity contribution in [1.29, 1.82) is 0 Å². The molecule has 3 rings (SSSR count). The van der Waals surface area contributed by atoms with Crippen molar-refractivity contribution in [3.8, 4) is 0 Å². The summed E-state index contributed by atoms with van der Waals surface area (Å²) in [6, 6.07) is 16.3. The number of halogens is 1. The predicted molar refractivity (Wildman–Crippen MR) is 95.1 cm³/mol. The van der Waals surface area contributed by atoms with Gasteiger partial charge in [-0.05, 0) is 23.8 Å². The number of nitrogens with one attached hydrogen (secondary N) is 3.